The number of benzene rings is 2. The second kappa shape index (κ2) is 9.40. The first kappa shape index (κ1) is 24.8. The quantitative estimate of drug-likeness (QED) is 0.372. The van der Waals surface area contributed by atoms with Gasteiger partial charge in [0.05, 0.1) is 18.1 Å². The maximum absolute atomic E-state index is 14.7. The van der Waals surface area contributed by atoms with E-state index in [-0.39, 0.29) is 29.3 Å². The van der Waals surface area contributed by atoms with Gasteiger partial charge in [0.15, 0.2) is 0 Å². The van der Waals surface area contributed by atoms with E-state index < -0.39 is 34.9 Å². The van der Waals surface area contributed by atoms with Crippen molar-refractivity contribution in [3.8, 4) is 5.88 Å². The van der Waals surface area contributed by atoms with E-state index >= 15 is 0 Å². The molecule has 1 atom stereocenters. The molecule has 0 saturated carbocycles. The van der Waals surface area contributed by atoms with Crippen LogP contribution in [0.15, 0.2) is 47.1 Å². The van der Waals surface area contributed by atoms with E-state index in [9.17, 15) is 23.5 Å². The fourth-order valence-electron chi connectivity index (χ4n) is 3.99. The highest BCUT2D eigenvalue weighted by Gasteiger charge is 2.27. The number of fused-ring (bicyclic) bond motifs is 1. The third-order valence-electron chi connectivity index (χ3n) is 5.61. The molecular weight excluding hydrogens is 472 g/mol. The van der Waals surface area contributed by atoms with Gasteiger partial charge in [0.25, 0.3) is 11.8 Å². The molecule has 0 radical (unpaired) electrons. The molecule has 0 aliphatic rings. The van der Waals surface area contributed by atoms with Crippen molar-refractivity contribution in [3.63, 3.8) is 0 Å². The number of aromatic hydroxyl groups is 1. The normalized spacial score (nSPS) is 12.5. The summed E-state index contributed by atoms with van der Waals surface area (Å²) in [7, 11) is 1.77. The SMILES string of the molecule is Cn1ncc2cc([C@H](NC(=O)Cc3cc(O)no3)C(=O)Nc3cc(F)c(C(C)(C)C)c(F)c3)ccc21. The summed E-state index contributed by atoms with van der Waals surface area (Å²) in [6.45, 7) is 5.05. The van der Waals surface area contributed by atoms with Crippen LogP contribution in [0.1, 0.15) is 43.7 Å². The number of aryl methyl sites for hydroxylation is 1. The molecule has 0 spiro atoms. The average Bonchev–Trinajstić information content (AvgIpc) is 3.35. The van der Waals surface area contributed by atoms with Crippen LogP contribution < -0.4 is 10.6 Å². The monoisotopic (exact) mass is 497 g/mol. The van der Waals surface area contributed by atoms with Crippen LogP contribution in [0.4, 0.5) is 14.5 Å². The van der Waals surface area contributed by atoms with Gasteiger partial charge in [-0.3, -0.25) is 14.3 Å². The van der Waals surface area contributed by atoms with E-state index in [1.165, 1.54) is 6.07 Å². The number of hydrogen-bond donors (Lipinski definition) is 3. The van der Waals surface area contributed by atoms with Crippen LogP contribution in [0, 0.1) is 11.6 Å². The number of nitrogens with zero attached hydrogens (tertiary/aromatic N) is 3. The van der Waals surface area contributed by atoms with Gasteiger partial charge in [0.1, 0.15) is 23.4 Å². The zero-order chi connectivity index (χ0) is 26.2. The maximum atomic E-state index is 14.7. The number of carbonyl (C=O) groups is 2. The lowest BCUT2D eigenvalue weighted by atomic mass is 9.86. The van der Waals surface area contributed by atoms with Crippen LogP contribution >= 0.6 is 0 Å². The van der Waals surface area contributed by atoms with Crippen molar-refractivity contribution in [2.45, 2.75) is 38.6 Å². The summed E-state index contributed by atoms with van der Waals surface area (Å²) in [5.41, 5.74) is 0.270. The second-order valence-electron chi connectivity index (χ2n) is 9.47. The van der Waals surface area contributed by atoms with Gasteiger partial charge < -0.3 is 20.3 Å². The summed E-state index contributed by atoms with van der Waals surface area (Å²) in [6, 6.07) is 7.14. The Labute approximate surface area is 205 Å². The standard InChI is InChI=1S/C25H25F2N5O4/c1-25(2,3)22-17(26)8-15(9-18(22)27)29-24(35)23(30-20(33)10-16-11-21(34)31-36-16)13-5-6-19-14(7-13)12-28-32(19)4/h5-9,11-12,23H,10H2,1-4H3,(H,29,35)(H,30,33)(H,31,34)/t23-/m0/s1. The summed E-state index contributed by atoms with van der Waals surface area (Å²) in [6.07, 6.45) is 1.32. The lowest BCUT2D eigenvalue weighted by molar-refractivity contribution is -0.126. The molecule has 0 bridgehead atoms. The third-order valence-corrected chi connectivity index (χ3v) is 5.61. The largest absolute Gasteiger partial charge is 0.491 e. The van der Waals surface area contributed by atoms with E-state index in [0.29, 0.717) is 5.56 Å². The molecule has 11 heteroatoms. The van der Waals surface area contributed by atoms with Gasteiger partial charge in [-0.05, 0) is 40.4 Å². The van der Waals surface area contributed by atoms with Crippen LogP contribution in [0.2, 0.25) is 0 Å². The molecule has 0 saturated heterocycles. The number of halogens is 2. The molecule has 36 heavy (non-hydrogen) atoms. The first-order valence-corrected chi connectivity index (χ1v) is 11.1. The van der Waals surface area contributed by atoms with Crippen molar-refractivity contribution >= 4 is 28.4 Å². The summed E-state index contributed by atoms with van der Waals surface area (Å²) < 4.78 is 35.9. The molecule has 0 aliphatic heterocycles. The van der Waals surface area contributed by atoms with Crippen molar-refractivity contribution in [1.82, 2.24) is 20.3 Å². The molecular formula is C25H25F2N5O4. The van der Waals surface area contributed by atoms with Gasteiger partial charge >= 0.3 is 0 Å². The minimum absolute atomic E-state index is 0.0915. The number of anilines is 1. The van der Waals surface area contributed by atoms with Gasteiger partial charge in [-0.2, -0.15) is 5.10 Å². The van der Waals surface area contributed by atoms with Gasteiger partial charge in [0, 0.05) is 29.8 Å². The Hall–Kier alpha value is -4.28. The first-order valence-electron chi connectivity index (χ1n) is 11.1. The van der Waals surface area contributed by atoms with Gasteiger partial charge in [-0.25, -0.2) is 8.78 Å². The van der Waals surface area contributed by atoms with Crippen molar-refractivity contribution in [1.29, 1.82) is 0 Å². The Morgan fingerprint density at radius 2 is 1.83 bits per heavy atom. The molecule has 9 nitrogen and oxygen atoms in total. The molecule has 0 fully saturated rings. The predicted molar refractivity (Wildman–Crippen MR) is 127 cm³/mol. The second-order valence-corrected chi connectivity index (χ2v) is 9.47. The van der Waals surface area contributed by atoms with Gasteiger partial charge in [0.2, 0.25) is 5.91 Å². The van der Waals surface area contributed by atoms with E-state index in [0.717, 1.165) is 23.0 Å². The van der Waals surface area contributed by atoms with Crippen LogP contribution in [0.3, 0.4) is 0 Å². The summed E-state index contributed by atoms with van der Waals surface area (Å²) >= 11 is 0. The van der Waals surface area contributed by atoms with E-state index in [2.05, 4.69) is 20.9 Å². The molecule has 4 aromatic rings. The Morgan fingerprint density at radius 3 is 2.44 bits per heavy atom. The Bertz CT molecular complexity index is 1430. The minimum atomic E-state index is -1.22. The lowest BCUT2D eigenvalue weighted by Gasteiger charge is -2.22. The minimum Gasteiger partial charge on any atom is -0.491 e. The fraction of sp³-hybridized carbons (Fsp3) is 0.280. The average molecular weight is 498 g/mol. The van der Waals surface area contributed by atoms with Crippen molar-refractivity contribution < 1.29 is 28.0 Å². The Balaban J connectivity index is 1.64. The van der Waals surface area contributed by atoms with Crippen LogP contribution in [0.5, 0.6) is 5.88 Å². The molecule has 2 amide bonds. The molecule has 2 aromatic heterocycles. The molecule has 188 valence electrons. The number of rotatable bonds is 6. The number of hydrogen-bond acceptors (Lipinski definition) is 6. The van der Waals surface area contributed by atoms with Crippen molar-refractivity contribution in [2.75, 3.05) is 5.32 Å². The van der Waals surface area contributed by atoms with Crippen LogP contribution in [0.25, 0.3) is 10.9 Å². The van der Waals surface area contributed by atoms with Crippen LogP contribution in [-0.4, -0.2) is 31.9 Å². The Morgan fingerprint density at radius 1 is 1.14 bits per heavy atom. The zero-order valence-corrected chi connectivity index (χ0v) is 20.1. The molecule has 2 heterocycles. The van der Waals surface area contributed by atoms with Crippen LogP contribution in [-0.2, 0) is 28.5 Å². The highest BCUT2D eigenvalue weighted by atomic mass is 19.1. The third kappa shape index (κ3) is 5.19. The topological polar surface area (TPSA) is 122 Å². The van der Waals surface area contributed by atoms with E-state index in [1.807, 2.05) is 0 Å². The predicted octanol–water partition coefficient (Wildman–Crippen LogP) is 3.88. The molecule has 0 aliphatic carbocycles. The lowest BCUT2D eigenvalue weighted by Crippen LogP contribution is -2.37. The summed E-state index contributed by atoms with van der Waals surface area (Å²) in [5, 5.41) is 22.7. The number of amides is 2. The fourth-order valence-corrected chi connectivity index (χ4v) is 3.99. The molecule has 3 N–H and O–H groups in total. The van der Waals surface area contributed by atoms with Crippen molar-refractivity contribution in [3.05, 3.63) is 71.1 Å². The van der Waals surface area contributed by atoms with Crippen molar-refractivity contribution in [2.24, 2.45) is 7.05 Å². The smallest absolute Gasteiger partial charge is 0.251 e. The van der Waals surface area contributed by atoms with E-state index in [1.54, 1.807) is 56.9 Å². The Kier molecular flexibility index (Phi) is 6.49. The number of nitrogens with one attached hydrogen (secondary N) is 2. The first-order chi connectivity index (χ1) is 16.9. The molecule has 2 aromatic carbocycles. The van der Waals surface area contributed by atoms with Gasteiger partial charge in [-0.15, -0.1) is 0 Å². The number of aromatic nitrogens is 3. The molecule has 4 rings (SSSR count). The van der Waals surface area contributed by atoms with E-state index in [4.69, 9.17) is 4.52 Å². The molecule has 0 unspecified atom stereocenters. The van der Waals surface area contributed by atoms with Gasteiger partial charge in [-0.1, -0.05) is 26.8 Å². The zero-order valence-electron chi connectivity index (χ0n) is 20.1. The summed E-state index contributed by atoms with van der Waals surface area (Å²) in [5.74, 6) is -3.18. The summed E-state index contributed by atoms with van der Waals surface area (Å²) in [4.78, 5) is 26.0. The highest BCUT2D eigenvalue weighted by Crippen LogP contribution is 2.30. The highest BCUT2D eigenvalue weighted by molar-refractivity contribution is 5.98. The number of carbonyl (C=O) groups excluding carboxylic acids is 2. The maximum Gasteiger partial charge on any atom is 0.251 e.